The van der Waals surface area contributed by atoms with E-state index in [4.69, 9.17) is 0 Å². The fourth-order valence-corrected chi connectivity index (χ4v) is 3.97. The van der Waals surface area contributed by atoms with E-state index >= 15 is 0 Å². The average Bonchev–Trinajstić information content (AvgIpc) is 3.01. The van der Waals surface area contributed by atoms with Crippen molar-refractivity contribution >= 4 is 17.8 Å². The first kappa shape index (κ1) is 14.5. The fourth-order valence-electron chi connectivity index (χ4n) is 3.97. The van der Waals surface area contributed by atoms with Gasteiger partial charge in [0.2, 0.25) is 5.91 Å². The number of rotatable bonds is 3. The molecule has 3 fully saturated rings. The zero-order chi connectivity index (χ0) is 16.1. The zero-order valence-corrected chi connectivity index (χ0v) is 13.5. The van der Waals surface area contributed by atoms with Crippen LogP contribution in [0.1, 0.15) is 31.7 Å². The van der Waals surface area contributed by atoms with E-state index in [0.29, 0.717) is 36.8 Å². The van der Waals surface area contributed by atoms with Gasteiger partial charge in [0, 0.05) is 50.1 Å². The molecule has 3 aliphatic rings. The number of hydrogen-bond acceptors (Lipinski definition) is 4. The van der Waals surface area contributed by atoms with Crippen LogP contribution in [0.4, 0.5) is 10.6 Å². The molecular weight excluding hydrogens is 292 g/mol. The number of nitrogens with zero attached hydrogens (tertiary/aromatic N) is 3. The Kier molecular flexibility index (Phi) is 3.28. The molecule has 6 nitrogen and oxygen atoms in total. The van der Waals surface area contributed by atoms with Gasteiger partial charge in [0.15, 0.2) is 0 Å². The van der Waals surface area contributed by atoms with Crippen molar-refractivity contribution in [3.05, 3.63) is 23.9 Å². The molecule has 122 valence electrons. The van der Waals surface area contributed by atoms with E-state index in [1.165, 1.54) is 5.56 Å². The molecule has 0 bridgehead atoms. The van der Waals surface area contributed by atoms with Crippen molar-refractivity contribution in [2.75, 3.05) is 24.5 Å². The second-order valence-corrected chi connectivity index (χ2v) is 7.12. The van der Waals surface area contributed by atoms with Crippen LogP contribution >= 0.6 is 0 Å². The maximum absolute atomic E-state index is 12.0. The maximum Gasteiger partial charge on any atom is 0.324 e. The summed E-state index contributed by atoms with van der Waals surface area (Å²) in [5.41, 5.74) is 1.31. The lowest BCUT2D eigenvalue weighted by Crippen LogP contribution is -2.52. The molecule has 2 atom stereocenters. The van der Waals surface area contributed by atoms with Crippen LogP contribution in [-0.4, -0.2) is 47.5 Å². The Bertz CT molecular complexity index is 648. The third-order valence-electron chi connectivity index (χ3n) is 5.36. The van der Waals surface area contributed by atoms with Gasteiger partial charge in [0.05, 0.1) is 0 Å². The Morgan fingerprint density at radius 3 is 2.65 bits per heavy atom. The molecule has 0 radical (unpaired) electrons. The van der Waals surface area contributed by atoms with E-state index < -0.39 is 0 Å². The van der Waals surface area contributed by atoms with E-state index in [2.05, 4.69) is 41.2 Å². The molecule has 1 aromatic heterocycles. The van der Waals surface area contributed by atoms with Gasteiger partial charge in [-0.15, -0.1) is 0 Å². The standard InChI is InChI=1S/C17H22N4O2/c1-10(2)11-3-5-18-14(7-11)20-8-12-13(9-20)16(12)21-6-4-15(22)19-17(21)23/h3,5,7,10,12-13,16H,4,6,8-9H2,1-2H3,(H,19,22,23). The minimum Gasteiger partial charge on any atom is -0.356 e. The van der Waals surface area contributed by atoms with Crippen LogP contribution in [0.25, 0.3) is 0 Å². The Balaban J connectivity index is 1.41. The summed E-state index contributed by atoms with van der Waals surface area (Å²) < 4.78 is 0. The van der Waals surface area contributed by atoms with Crippen LogP contribution < -0.4 is 10.2 Å². The largest absolute Gasteiger partial charge is 0.356 e. The number of pyridine rings is 1. The second-order valence-electron chi connectivity index (χ2n) is 7.12. The molecule has 1 saturated carbocycles. The molecule has 3 amide bonds. The van der Waals surface area contributed by atoms with Crippen LogP contribution in [0.5, 0.6) is 0 Å². The number of amides is 3. The number of anilines is 1. The maximum atomic E-state index is 12.0. The Hall–Kier alpha value is -2.11. The third-order valence-corrected chi connectivity index (χ3v) is 5.36. The second kappa shape index (κ2) is 5.22. The van der Waals surface area contributed by atoms with Crippen molar-refractivity contribution < 1.29 is 9.59 Å². The highest BCUT2D eigenvalue weighted by molar-refractivity contribution is 5.97. The number of aromatic nitrogens is 1. The monoisotopic (exact) mass is 314 g/mol. The van der Waals surface area contributed by atoms with Gasteiger partial charge in [-0.05, 0) is 23.6 Å². The lowest BCUT2D eigenvalue weighted by molar-refractivity contribution is -0.121. The Morgan fingerprint density at radius 2 is 2.00 bits per heavy atom. The minimum atomic E-state index is -0.216. The molecule has 2 aliphatic heterocycles. The zero-order valence-electron chi connectivity index (χ0n) is 13.5. The summed E-state index contributed by atoms with van der Waals surface area (Å²) in [6.45, 7) is 6.83. The van der Waals surface area contributed by atoms with Gasteiger partial charge in [-0.3, -0.25) is 10.1 Å². The van der Waals surface area contributed by atoms with Gasteiger partial charge in [-0.2, -0.15) is 0 Å². The first-order valence-corrected chi connectivity index (χ1v) is 8.36. The van der Waals surface area contributed by atoms with Gasteiger partial charge >= 0.3 is 6.03 Å². The average molecular weight is 314 g/mol. The van der Waals surface area contributed by atoms with Crippen LogP contribution in [0, 0.1) is 11.8 Å². The molecule has 4 rings (SSSR count). The summed E-state index contributed by atoms with van der Waals surface area (Å²) >= 11 is 0. The summed E-state index contributed by atoms with van der Waals surface area (Å²) in [4.78, 5) is 31.9. The third kappa shape index (κ3) is 2.46. The molecule has 3 heterocycles. The number of carbonyl (C=O) groups excluding carboxylic acids is 2. The number of hydrogen-bond donors (Lipinski definition) is 1. The highest BCUT2D eigenvalue weighted by Gasteiger charge is 2.60. The smallest absolute Gasteiger partial charge is 0.324 e. The lowest BCUT2D eigenvalue weighted by Gasteiger charge is -2.30. The van der Waals surface area contributed by atoms with Gasteiger partial charge in [-0.25, -0.2) is 9.78 Å². The van der Waals surface area contributed by atoms with Crippen molar-refractivity contribution in [2.45, 2.75) is 32.2 Å². The molecule has 2 unspecified atom stereocenters. The lowest BCUT2D eigenvalue weighted by atomic mass is 10.1. The normalized spacial score (nSPS) is 29.8. The van der Waals surface area contributed by atoms with Crippen molar-refractivity contribution in [3.63, 3.8) is 0 Å². The first-order chi connectivity index (χ1) is 11.0. The molecule has 2 saturated heterocycles. The van der Waals surface area contributed by atoms with Gasteiger partial charge in [0.25, 0.3) is 0 Å². The molecule has 23 heavy (non-hydrogen) atoms. The van der Waals surface area contributed by atoms with E-state index in [1.54, 1.807) is 0 Å². The number of imide groups is 1. The first-order valence-electron chi connectivity index (χ1n) is 8.36. The number of piperidine rings is 1. The molecule has 0 aromatic carbocycles. The van der Waals surface area contributed by atoms with Crippen LogP contribution in [0.15, 0.2) is 18.3 Å². The highest BCUT2D eigenvalue weighted by Crippen LogP contribution is 2.50. The topological polar surface area (TPSA) is 65.5 Å². The summed E-state index contributed by atoms with van der Waals surface area (Å²) in [5, 5.41) is 2.42. The van der Waals surface area contributed by atoms with Gasteiger partial charge in [0.1, 0.15) is 5.82 Å². The molecule has 6 heteroatoms. The Labute approximate surface area is 135 Å². The van der Waals surface area contributed by atoms with Crippen molar-refractivity contribution in [1.29, 1.82) is 0 Å². The van der Waals surface area contributed by atoms with Crippen LogP contribution in [0.2, 0.25) is 0 Å². The minimum absolute atomic E-state index is 0.159. The molecule has 1 aromatic rings. The van der Waals surface area contributed by atoms with Gasteiger partial charge < -0.3 is 9.80 Å². The number of urea groups is 1. The predicted molar refractivity (Wildman–Crippen MR) is 86.2 cm³/mol. The predicted octanol–water partition coefficient (Wildman–Crippen LogP) is 1.58. The van der Waals surface area contributed by atoms with E-state index in [0.717, 1.165) is 18.9 Å². The highest BCUT2D eigenvalue weighted by atomic mass is 16.2. The summed E-state index contributed by atoms with van der Waals surface area (Å²) in [7, 11) is 0. The number of fused-ring (bicyclic) bond motifs is 1. The van der Waals surface area contributed by atoms with Gasteiger partial charge in [-0.1, -0.05) is 13.8 Å². The van der Waals surface area contributed by atoms with Crippen LogP contribution in [-0.2, 0) is 4.79 Å². The molecule has 1 aliphatic carbocycles. The van der Waals surface area contributed by atoms with E-state index in [1.807, 2.05) is 11.1 Å². The van der Waals surface area contributed by atoms with Crippen molar-refractivity contribution in [1.82, 2.24) is 15.2 Å². The number of nitrogens with one attached hydrogen (secondary N) is 1. The Morgan fingerprint density at radius 1 is 1.26 bits per heavy atom. The quantitative estimate of drug-likeness (QED) is 0.920. The summed E-state index contributed by atoms with van der Waals surface area (Å²) in [5.74, 6) is 2.40. The summed E-state index contributed by atoms with van der Waals surface area (Å²) in [6, 6.07) is 4.33. The van der Waals surface area contributed by atoms with Crippen LogP contribution in [0.3, 0.4) is 0 Å². The van der Waals surface area contributed by atoms with Crippen molar-refractivity contribution in [3.8, 4) is 0 Å². The molecule has 0 spiro atoms. The molecular formula is C17H22N4O2. The van der Waals surface area contributed by atoms with E-state index in [9.17, 15) is 9.59 Å². The summed E-state index contributed by atoms with van der Waals surface area (Å²) in [6.07, 6.45) is 2.30. The van der Waals surface area contributed by atoms with Crippen molar-refractivity contribution in [2.24, 2.45) is 11.8 Å². The fraction of sp³-hybridized carbons (Fsp3) is 0.588. The SMILES string of the molecule is CC(C)c1ccnc(N2CC3C(C2)C3N2CCC(=O)NC2=O)c1. The number of carbonyl (C=O) groups is 2. The molecule has 1 N–H and O–H groups in total. The van der Waals surface area contributed by atoms with E-state index in [-0.39, 0.29) is 11.9 Å².